The summed E-state index contributed by atoms with van der Waals surface area (Å²) in [5.41, 5.74) is 0.131. The Morgan fingerprint density at radius 3 is 2.52 bits per heavy atom. The van der Waals surface area contributed by atoms with Gasteiger partial charge >= 0.3 is 0 Å². The monoisotopic (exact) mass is 334 g/mol. The summed E-state index contributed by atoms with van der Waals surface area (Å²) in [7, 11) is -2.01. The third-order valence-electron chi connectivity index (χ3n) is 2.84. The summed E-state index contributed by atoms with van der Waals surface area (Å²) in [6.07, 6.45) is 0. The minimum atomic E-state index is -3.57. The number of hydrogen-bond donors (Lipinski definition) is 2. The largest absolute Gasteiger partial charge is 0.383 e. The third kappa shape index (κ3) is 5.34. The Balaban J connectivity index is 3.05. The number of rotatable bonds is 8. The van der Waals surface area contributed by atoms with Crippen molar-refractivity contribution in [2.45, 2.75) is 57.6 Å². The van der Waals surface area contributed by atoms with Crippen molar-refractivity contribution in [1.29, 1.82) is 0 Å². The van der Waals surface area contributed by atoms with Gasteiger partial charge < -0.3 is 10.1 Å². The normalized spacial score (nSPS) is 13.1. The number of nitrogens with one attached hydrogen (secondary N) is 2. The number of ether oxygens (including phenoxy) is 1. The number of hydrogen-bond acceptors (Lipinski definition) is 5. The molecule has 0 saturated carbocycles. The highest BCUT2D eigenvalue weighted by atomic mass is 32.2. The van der Waals surface area contributed by atoms with Crippen LogP contribution in [0.15, 0.2) is 10.3 Å². The highest BCUT2D eigenvalue weighted by Crippen LogP contribution is 2.28. The Kier molecular flexibility index (Phi) is 6.36. The molecule has 7 heteroatoms. The van der Waals surface area contributed by atoms with Crippen LogP contribution in [0.25, 0.3) is 0 Å². The molecule has 1 heterocycles. The Morgan fingerprint density at radius 1 is 1.38 bits per heavy atom. The van der Waals surface area contributed by atoms with Gasteiger partial charge in [-0.25, -0.2) is 13.1 Å². The van der Waals surface area contributed by atoms with E-state index in [1.807, 2.05) is 40.0 Å². The van der Waals surface area contributed by atoms with Crippen LogP contribution >= 0.6 is 11.3 Å². The molecule has 0 unspecified atom stereocenters. The second kappa shape index (κ2) is 7.19. The van der Waals surface area contributed by atoms with Crippen LogP contribution in [-0.2, 0) is 21.3 Å². The van der Waals surface area contributed by atoms with Gasteiger partial charge in [0.25, 0.3) is 0 Å². The van der Waals surface area contributed by atoms with Crippen LogP contribution in [0.3, 0.4) is 0 Å². The second-order valence-corrected chi connectivity index (χ2v) is 8.71. The van der Waals surface area contributed by atoms with Gasteiger partial charge in [-0.3, -0.25) is 0 Å². The molecule has 21 heavy (non-hydrogen) atoms. The lowest BCUT2D eigenvalue weighted by Crippen LogP contribution is -2.46. The highest BCUT2D eigenvalue weighted by molar-refractivity contribution is 7.89. The maximum atomic E-state index is 12.7. The molecule has 1 aromatic heterocycles. The molecule has 0 aliphatic carbocycles. The molecule has 0 radical (unpaired) electrons. The fraction of sp³-hybridized carbons (Fsp3) is 0.714. The van der Waals surface area contributed by atoms with E-state index >= 15 is 0 Å². The molecule has 0 amide bonds. The summed E-state index contributed by atoms with van der Waals surface area (Å²) < 4.78 is 33.2. The summed E-state index contributed by atoms with van der Waals surface area (Å²) in [5.74, 6) is 0. The van der Waals surface area contributed by atoms with Gasteiger partial charge in [-0.1, -0.05) is 13.8 Å². The molecule has 0 aliphatic rings. The van der Waals surface area contributed by atoms with Gasteiger partial charge in [0.1, 0.15) is 4.90 Å². The Bertz CT molecular complexity index is 563. The molecule has 0 aliphatic heterocycles. The summed E-state index contributed by atoms with van der Waals surface area (Å²) in [4.78, 5) is 1.23. The highest BCUT2D eigenvalue weighted by Gasteiger charge is 2.30. The maximum absolute atomic E-state index is 12.7. The smallest absolute Gasteiger partial charge is 0.242 e. The van der Waals surface area contributed by atoms with Gasteiger partial charge in [0, 0.05) is 24.6 Å². The quantitative estimate of drug-likeness (QED) is 0.765. The zero-order valence-electron chi connectivity index (χ0n) is 13.6. The van der Waals surface area contributed by atoms with E-state index in [4.69, 9.17) is 4.74 Å². The Morgan fingerprint density at radius 2 is 2.00 bits per heavy atom. The van der Waals surface area contributed by atoms with Crippen molar-refractivity contribution in [1.82, 2.24) is 10.0 Å². The minimum Gasteiger partial charge on any atom is -0.383 e. The van der Waals surface area contributed by atoms with E-state index in [1.54, 1.807) is 7.11 Å². The first-order valence-corrected chi connectivity index (χ1v) is 9.28. The zero-order valence-corrected chi connectivity index (χ0v) is 15.2. The van der Waals surface area contributed by atoms with Crippen molar-refractivity contribution in [3.05, 3.63) is 15.8 Å². The summed E-state index contributed by atoms with van der Waals surface area (Å²) >= 11 is 1.47. The van der Waals surface area contributed by atoms with Crippen molar-refractivity contribution in [2.75, 3.05) is 13.7 Å². The van der Waals surface area contributed by atoms with Crippen LogP contribution in [0.4, 0.5) is 0 Å². The van der Waals surface area contributed by atoms with E-state index in [0.717, 1.165) is 10.4 Å². The van der Waals surface area contributed by atoms with Crippen LogP contribution in [0.2, 0.25) is 0 Å². The molecule has 1 aromatic rings. The maximum Gasteiger partial charge on any atom is 0.242 e. The van der Waals surface area contributed by atoms with Crippen LogP contribution < -0.4 is 10.0 Å². The van der Waals surface area contributed by atoms with Gasteiger partial charge in [-0.15, -0.1) is 11.3 Å². The van der Waals surface area contributed by atoms with Crippen LogP contribution in [0.1, 0.15) is 38.1 Å². The molecule has 0 aromatic carbocycles. The predicted octanol–water partition coefficient (Wildman–Crippen LogP) is 2.26. The molecule has 0 saturated heterocycles. The lowest BCUT2D eigenvalue weighted by molar-refractivity contribution is 0.141. The molecule has 0 fully saturated rings. The first-order valence-electron chi connectivity index (χ1n) is 6.92. The first-order chi connectivity index (χ1) is 9.59. The van der Waals surface area contributed by atoms with Crippen molar-refractivity contribution in [3.63, 3.8) is 0 Å². The van der Waals surface area contributed by atoms with Gasteiger partial charge in [0.2, 0.25) is 10.0 Å². The predicted molar refractivity (Wildman–Crippen MR) is 87.3 cm³/mol. The Labute approximate surface area is 132 Å². The number of sulfonamides is 1. The summed E-state index contributed by atoms with van der Waals surface area (Å²) in [6.45, 7) is 10.4. The lowest BCUT2D eigenvalue weighted by atomic mass is 10.1. The number of thiophene rings is 1. The number of aryl methyl sites for hydroxylation is 1. The third-order valence-corrected chi connectivity index (χ3v) is 6.01. The topological polar surface area (TPSA) is 67.4 Å². The molecule has 0 bridgehead atoms. The van der Waals surface area contributed by atoms with E-state index in [0.29, 0.717) is 24.1 Å². The van der Waals surface area contributed by atoms with Crippen molar-refractivity contribution >= 4 is 21.4 Å². The van der Waals surface area contributed by atoms with Crippen LogP contribution in [-0.4, -0.2) is 33.7 Å². The van der Waals surface area contributed by atoms with Crippen molar-refractivity contribution in [3.8, 4) is 0 Å². The molecule has 122 valence electrons. The molecule has 0 atom stereocenters. The molecule has 0 spiro atoms. The van der Waals surface area contributed by atoms with Crippen molar-refractivity contribution < 1.29 is 13.2 Å². The molecular weight excluding hydrogens is 308 g/mol. The van der Waals surface area contributed by atoms with Crippen molar-refractivity contribution in [2.24, 2.45) is 0 Å². The van der Waals surface area contributed by atoms with E-state index < -0.39 is 15.6 Å². The average molecular weight is 335 g/mol. The standard InChI is InChI=1S/C14H26N2O3S2/c1-10(2)15-7-12-13(11(3)8-20-12)21(17,18)16-14(4,5)9-19-6/h8,10,15-16H,7,9H2,1-6H3. The first kappa shape index (κ1) is 18.6. The molecular formula is C14H26N2O3S2. The van der Waals surface area contributed by atoms with Gasteiger partial charge in [0.15, 0.2) is 0 Å². The number of methoxy groups -OCH3 is 1. The SMILES string of the molecule is COCC(C)(C)NS(=O)(=O)c1c(C)csc1CNC(C)C. The minimum absolute atomic E-state index is 0.306. The lowest BCUT2D eigenvalue weighted by Gasteiger charge is -2.25. The van der Waals surface area contributed by atoms with E-state index in [2.05, 4.69) is 10.0 Å². The Hall–Kier alpha value is -0.470. The average Bonchev–Trinajstić information content (AvgIpc) is 2.66. The van der Waals surface area contributed by atoms with Gasteiger partial charge in [-0.2, -0.15) is 0 Å². The van der Waals surface area contributed by atoms with E-state index in [9.17, 15) is 8.42 Å². The second-order valence-electron chi connectivity index (χ2n) is 6.13. The molecule has 1 rings (SSSR count). The van der Waals surface area contributed by atoms with E-state index in [-0.39, 0.29) is 0 Å². The van der Waals surface area contributed by atoms with Gasteiger partial charge in [0.05, 0.1) is 12.1 Å². The van der Waals surface area contributed by atoms with Crippen LogP contribution in [0.5, 0.6) is 0 Å². The zero-order chi connectivity index (χ0) is 16.3. The molecule has 2 N–H and O–H groups in total. The van der Waals surface area contributed by atoms with E-state index in [1.165, 1.54) is 11.3 Å². The molecule has 5 nitrogen and oxygen atoms in total. The van der Waals surface area contributed by atoms with Crippen LogP contribution in [0, 0.1) is 6.92 Å². The fourth-order valence-electron chi connectivity index (χ4n) is 2.07. The summed E-state index contributed by atoms with van der Waals surface area (Å²) in [6, 6.07) is 0.306. The van der Waals surface area contributed by atoms with Gasteiger partial charge in [-0.05, 0) is 31.7 Å². The fourth-order valence-corrected chi connectivity index (χ4v) is 5.23. The summed E-state index contributed by atoms with van der Waals surface area (Å²) in [5, 5.41) is 5.15.